The number of hydrogen-bond donors (Lipinski definition) is 0. The standard InChI is InChI=1S/C28H32F2N2O2/c29-25-10-12-27(13-11-25)34-28-21-26(30)9-8-24(28)22-33-20-19-32-17-15-31(16-18-32)14-4-7-23-5-2-1-3-6-23/h1-3,5-6,8-13,21H,4,7,14-20,22H2. The lowest BCUT2D eigenvalue weighted by atomic mass is 10.1. The number of benzene rings is 3. The maximum atomic E-state index is 13.7. The second kappa shape index (κ2) is 12.6. The van der Waals surface area contributed by atoms with Gasteiger partial charge in [0.2, 0.25) is 0 Å². The van der Waals surface area contributed by atoms with E-state index in [2.05, 4.69) is 40.1 Å². The Morgan fingerprint density at radius 2 is 1.41 bits per heavy atom. The summed E-state index contributed by atoms with van der Waals surface area (Å²) in [5, 5.41) is 0. The van der Waals surface area contributed by atoms with E-state index in [-0.39, 0.29) is 11.6 Å². The number of aryl methyl sites for hydroxylation is 1. The van der Waals surface area contributed by atoms with Gasteiger partial charge < -0.3 is 14.4 Å². The van der Waals surface area contributed by atoms with Gasteiger partial charge in [0.25, 0.3) is 0 Å². The van der Waals surface area contributed by atoms with E-state index in [0.717, 1.165) is 51.3 Å². The van der Waals surface area contributed by atoms with E-state index in [1.165, 1.54) is 48.4 Å². The molecule has 0 aliphatic carbocycles. The zero-order chi connectivity index (χ0) is 23.6. The molecule has 4 rings (SSSR count). The normalized spacial score (nSPS) is 14.9. The van der Waals surface area contributed by atoms with Crippen molar-refractivity contribution in [1.29, 1.82) is 0 Å². The molecule has 0 amide bonds. The van der Waals surface area contributed by atoms with Gasteiger partial charge in [0.15, 0.2) is 0 Å². The van der Waals surface area contributed by atoms with Crippen LogP contribution in [0.4, 0.5) is 8.78 Å². The Morgan fingerprint density at radius 1 is 0.735 bits per heavy atom. The van der Waals surface area contributed by atoms with Gasteiger partial charge in [-0.25, -0.2) is 8.78 Å². The van der Waals surface area contributed by atoms with Gasteiger partial charge in [-0.05, 0) is 55.3 Å². The van der Waals surface area contributed by atoms with E-state index in [1.54, 1.807) is 6.07 Å². The average Bonchev–Trinajstić information content (AvgIpc) is 2.86. The lowest BCUT2D eigenvalue weighted by molar-refractivity contribution is 0.0676. The highest BCUT2D eigenvalue weighted by Gasteiger charge is 2.16. The largest absolute Gasteiger partial charge is 0.457 e. The predicted molar refractivity (Wildman–Crippen MR) is 130 cm³/mol. The van der Waals surface area contributed by atoms with Gasteiger partial charge in [0.1, 0.15) is 23.1 Å². The molecule has 3 aromatic rings. The summed E-state index contributed by atoms with van der Waals surface area (Å²) in [4.78, 5) is 4.96. The van der Waals surface area contributed by atoms with Gasteiger partial charge in [-0.15, -0.1) is 0 Å². The average molecular weight is 467 g/mol. The molecule has 34 heavy (non-hydrogen) atoms. The third kappa shape index (κ3) is 7.62. The predicted octanol–water partition coefficient (Wildman–Crippen LogP) is 5.52. The molecule has 1 heterocycles. The lowest BCUT2D eigenvalue weighted by Crippen LogP contribution is -2.47. The highest BCUT2D eigenvalue weighted by atomic mass is 19.1. The van der Waals surface area contributed by atoms with Crippen LogP contribution in [0.5, 0.6) is 11.5 Å². The third-order valence-electron chi connectivity index (χ3n) is 6.13. The molecule has 0 atom stereocenters. The van der Waals surface area contributed by atoms with Crippen LogP contribution in [0.25, 0.3) is 0 Å². The summed E-state index contributed by atoms with van der Waals surface area (Å²) < 4.78 is 38.5. The first-order valence-corrected chi connectivity index (χ1v) is 11.9. The van der Waals surface area contributed by atoms with Crippen molar-refractivity contribution in [2.24, 2.45) is 0 Å². The molecule has 1 saturated heterocycles. The van der Waals surface area contributed by atoms with E-state index in [4.69, 9.17) is 9.47 Å². The zero-order valence-corrected chi connectivity index (χ0v) is 19.5. The summed E-state index contributed by atoms with van der Waals surface area (Å²) in [7, 11) is 0. The SMILES string of the molecule is Fc1ccc(Oc2cc(F)ccc2COCCN2CCN(CCCc3ccccc3)CC2)cc1. The minimum atomic E-state index is -0.387. The Bertz CT molecular complexity index is 1010. The molecule has 4 nitrogen and oxygen atoms in total. The van der Waals surface area contributed by atoms with E-state index < -0.39 is 0 Å². The topological polar surface area (TPSA) is 24.9 Å². The van der Waals surface area contributed by atoms with Gasteiger partial charge in [-0.3, -0.25) is 4.90 Å². The van der Waals surface area contributed by atoms with Crippen molar-refractivity contribution in [3.63, 3.8) is 0 Å². The van der Waals surface area contributed by atoms with Crippen LogP contribution in [-0.2, 0) is 17.8 Å². The molecule has 3 aromatic carbocycles. The summed E-state index contributed by atoms with van der Waals surface area (Å²) in [5.41, 5.74) is 2.17. The Hall–Kier alpha value is -2.80. The van der Waals surface area contributed by atoms with E-state index in [9.17, 15) is 8.78 Å². The van der Waals surface area contributed by atoms with Crippen molar-refractivity contribution < 1.29 is 18.3 Å². The van der Waals surface area contributed by atoms with Gasteiger partial charge >= 0.3 is 0 Å². The second-order valence-corrected chi connectivity index (χ2v) is 8.63. The molecular formula is C28H32F2N2O2. The first-order chi connectivity index (χ1) is 16.7. The van der Waals surface area contributed by atoms with Crippen LogP contribution in [-0.4, -0.2) is 55.7 Å². The van der Waals surface area contributed by atoms with Crippen molar-refractivity contribution in [1.82, 2.24) is 9.80 Å². The van der Waals surface area contributed by atoms with Crippen molar-refractivity contribution in [3.05, 3.63) is 95.6 Å². The first-order valence-electron chi connectivity index (χ1n) is 11.9. The first kappa shape index (κ1) is 24.3. The molecule has 0 aromatic heterocycles. The summed E-state index contributed by atoms with van der Waals surface area (Å²) in [6.45, 7) is 7.20. The molecule has 6 heteroatoms. The fourth-order valence-electron chi connectivity index (χ4n) is 4.14. The Balaban J connectivity index is 1.15. The zero-order valence-electron chi connectivity index (χ0n) is 19.5. The van der Waals surface area contributed by atoms with E-state index in [1.807, 2.05) is 0 Å². The van der Waals surface area contributed by atoms with Crippen molar-refractivity contribution in [2.45, 2.75) is 19.4 Å². The Kier molecular flexibility index (Phi) is 9.02. The molecule has 1 aliphatic rings. The van der Waals surface area contributed by atoms with Crippen molar-refractivity contribution in [3.8, 4) is 11.5 Å². The van der Waals surface area contributed by atoms with Crippen LogP contribution < -0.4 is 4.74 Å². The van der Waals surface area contributed by atoms with E-state index in [0.29, 0.717) is 24.7 Å². The van der Waals surface area contributed by atoms with Crippen molar-refractivity contribution in [2.75, 3.05) is 45.9 Å². The summed E-state index contributed by atoms with van der Waals surface area (Å²) in [6.07, 6.45) is 2.32. The highest BCUT2D eigenvalue weighted by Crippen LogP contribution is 2.27. The minimum Gasteiger partial charge on any atom is -0.457 e. The molecule has 0 N–H and O–H groups in total. The molecule has 0 unspecified atom stereocenters. The van der Waals surface area contributed by atoms with Crippen LogP contribution in [0, 0.1) is 11.6 Å². The Labute approximate surface area is 200 Å². The third-order valence-corrected chi connectivity index (χ3v) is 6.13. The summed E-state index contributed by atoms with van der Waals surface area (Å²) in [6, 6.07) is 20.7. The molecule has 0 bridgehead atoms. The summed E-state index contributed by atoms with van der Waals surface area (Å²) in [5.74, 6) is 0.108. The van der Waals surface area contributed by atoms with Gasteiger partial charge in [-0.1, -0.05) is 36.4 Å². The smallest absolute Gasteiger partial charge is 0.135 e. The van der Waals surface area contributed by atoms with Gasteiger partial charge in [-0.2, -0.15) is 0 Å². The van der Waals surface area contributed by atoms with E-state index >= 15 is 0 Å². The lowest BCUT2D eigenvalue weighted by Gasteiger charge is -2.34. The van der Waals surface area contributed by atoms with Crippen LogP contribution in [0.2, 0.25) is 0 Å². The summed E-state index contributed by atoms with van der Waals surface area (Å²) >= 11 is 0. The highest BCUT2D eigenvalue weighted by molar-refractivity contribution is 5.38. The number of rotatable bonds is 11. The van der Waals surface area contributed by atoms with Crippen LogP contribution in [0.1, 0.15) is 17.5 Å². The number of ether oxygens (including phenoxy) is 2. The number of nitrogens with zero attached hydrogens (tertiary/aromatic N) is 2. The Morgan fingerprint density at radius 3 is 2.15 bits per heavy atom. The molecule has 0 radical (unpaired) electrons. The molecule has 1 fully saturated rings. The second-order valence-electron chi connectivity index (χ2n) is 8.63. The van der Waals surface area contributed by atoms with Crippen molar-refractivity contribution >= 4 is 0 Å². The molecule has 0 saturated carbocycles. The minimum absolute atomic E-state index is 0.330. The fraction of sp³-hybridized carbons (Fsp3) is 0.357. The monoisotopic (exact) mass is 466 g/mol. The van der Waals surface area contributed by atoms with Crippen LogP contribution in [0.15, 0.2) is 72.8 Å². The van der Waals surface area contributed by atoms with Crippen LogP contribution in [0.3, 0.4) is 0 Å². The maximum absolute atomic E-state index is 13.7. The van der Waals surface area contributed by atoms with Gasteiger partial charge in [0.05, 0.1) is 13.2 Å². The number of hydrogen-bond acceptors (Lipinski definition) is 4. The molecule has 1 aliphatic heterocycles. The fourth-order valence-corrected chi connectivity index (χ4v) is 4.14. The maximum Gasteiger partial charge on any atom is 0.135 e. The molecule has 0 spiro atoms. The van der Waals surface area contributed by atoms with Crippen LogP contribution >= 0.6 is 0 Å². The number of piperazine rings is 1. The molecule has 180 valence electrons. The quantitative estimate of drug-likeness (QED) is 0.347. The number of halogens is 2. The van der Waals surface area contributed by atoms with Gasteiger partial charge in [0, 0.05) is 44.4 Å². The molecular weight excluding hydrogens is 434 g/mol.